The van der Waals surface area contributed by atoms with Crippen molar-refractivity contribution in [3.05, 3.63) is 11.8 Å². The molecule has 2 rings (SSSR count). The number of carbonyl (C=O) groups is 1. The highest BCUT2D eigenvalue weighted by molar-refractivity contribution is 5.76. The van der Waals surface area contributed by atoms with E-state index in [1.165, 1.54) is 0 Å². The van der Waals surface area contributed by atoms with Gasteiger partial charge in [0, 0.05) is 25.4 Å². The van der Waals surface area contributed by atoms with E-state index in [4.69, 9.17) is 41.3 Å². The Morgan fingerprint density at radius 2 is 2.12 bits per heavy atom. The van der Waals surface area contributed by atoms with Gasteiger partial charge in [-0.2, -0.15) is 0 Å². The third-order valence-electron chi connectivity index (χ3n) is 5.70. The zero-order valence-corrected chi connectivity index (χ0v) is 19.2. The van der Waals surface area contributed by atoms with Crippen LogP contribution >= 0.6 is 0 Å². The monoisotopic (exact) mass is 476 g/mol. The van der Waals surface area contributed by atoms with E-state index < -0.39 is 49.1 Å². The molecule has 0 unspecified atom stereocenters. The Kier molecular flexibility index (Phi) is 12.0. The first-order valence-corrected chi connectivity index (χ1v) is 11.5. The summed E-state index contributed by atoms with van der Waals surface area (Å²) in [7, 11) is 0. The molecule has 1 amide bonds. The van der Waals surface area contributed by atoms with Gasteiger partial charge in [-0.15, -0.1) is 0 Å². The van der Waals surface area contributed by atoms with Gasteiger partial charge in [-0.25, -0.2) is 0 Å². The molecule has 0 bridgehead atoms. The van der Waals surface area contributed by atoms with Gasteiger partial charge < -0.3 is 56.8 Å². The number of nitrogens with one attached hydrogen (secondary N) is 1. The summed E-state index contributed by atoms with van der Waals surface area (Å²) < 4.78 is 23.2. The van der Waals surface area contributed by atoms with Crippen molar-refractivity contribution >= 4 is 5.91 Å². The predicted octanol–water partition coefficient (Wildman–Crippen LogP) is -2.23. The number of nitrogens with two attached hydrogens (primary N) is 3. The number of ether oxygens (including phenoxy) is 4. The van der Waals surface area contributed by atoms with Crippen LogP contribution in [0.25, 0.3) is 0 Å². The minimum atomic E-state index is -1.27. The molecule has 0 aromatic heterocycles. The molecule has 1 aliphatic heterocycles. The second-order valence-corrected chi connectivity index (χ2v) is 8.24. The third-order valence-corrected chi connectivity index (χ3v) is 5.70. The van der Waals surface area contributed by atoms with E-state index in [0.717, 1.165) is 0 Å². The van der Waals surface area contributed by atoms with E-state index in [1.807, 2.05) is 6.08 Å². The summed E-state index contributed by atoms with van der Waals surface area (Å²) in [5.74, 6) is 0.292. The minimum absolute atomic E-state index is 0.0711. The maximum Gasteiger partial charge on any atom is 0.221 e. The van der Waals surface area contributed by atoms with Crippen molar-refractivity contribution < 1.29 is 39.1 Å². The third kappa shape index (κ3) is 8.12. The van der Waals surface area contributed by atoms with Crippen LogP contribution in [-0.2, 0) is 23.7 Å². The van der Waals surface area contributed by atoms with Crippen LogP contribution in [0.15, 0.2) is 11.8 Å². The summed E-state index contributed by atoms with van der Waals surface area (Å²) in [6.45, 7) is 1.80. The lowest BCUT2D eigenvalue weighted by molar-refractivity contribution is -0.269. The number of hydrogen-bond donors (Lipinski definition) is 7. The van der Waals surface area contributed by atoms with Gasteiger partial charge in [0.15, 0.2) is 12.6 Å². The van der Waals surface area contributed by atoms with Crippen molar-refractivity contribution in [1.29, 1.82) is 0 Å². The Bertz CT molecular complexity index is 625. The SMILES string of the molecule is CC[C@@H](O)[C@H](OCCO)O[C@@H]1[C@@H](O)[C@H](O[C@@H]2CCC=C(CN)O2)[C@@H](N)C[C@H]1NC(=O)CCN. The normalized spacial score (nSPS) is 31.9. The summed E-state index contributed by atoms with van der Waals surface area (Å²) in [6, 6.07) is -1.31. The van der Waals surface area contributed by atoms with Crippen LogP contribution in [0.5, 0.6) is 0 Å². The topological polar surface area (TPSA) is 205 Å². The highest BCUT2D eigenvalue weighted by atomic mass is 16.7. The molecule has 0 spiro atoms. The fraction of sp³-hybridized carbons (Fsp3) is 0.857. The van der Waals surface area contributed by atoms with Crippen molar-refractivity contribution in [3.8, 4) is 0 Å². The van der Waals surface area contributed by atoms with E-state index >= 15 is 0 Å². The van der Waals surface area contributed by atoms with Crippen LogP contribution in [0.4, 0.5) is 0 Å². The first-order chi connectivity index (χ1) is 15.8. The van der Waals surface area contributed by atoms with Crippen LogP contribution < -0.4 is 22.5 Å². The van der Waals surface area contributed by atoms with Gasteiger partial charge in [0.05, 0.1) is 25.8 Å². The number of aliphatic hydroxyl groups excluding tert-OH is 3. The minimum Gasteiger partial charge on any atom is -0.468 e. The quantitative estimate of drug-likeness (QED) is 0.142. The lowest BCUT2D eigenvalue weighted by Gasteiger charge is -2.45. The molecule has 33 heavy (non-hydrogen) atoms. The molecule has 1 fully saturated rings. The van der Waals surface area contributed by atoms with Crippen molar-refractivity contribution in [1.82, 2.24) is 5.32 Å². The van der Waals surface area contributed by atoms with E-state index in [9.17, 15) is 15.0 Å². The Labute approximate surface area is 194 Å². The Morgan fingerprint density at radius 3 is 2.76 bits per heavy atom. The Hall–Kier alpha value is -1.35. The van der Waals surface area contributed by atoms with Crippen molar-refractivity contribution in [2.24, 2.45) is 17.2 Å². The number of amides is 1. The molecule has 1 heterocycles. The number of carbonyl (C=O) groups excluding carboxylic acids is 1. The standard InChI is InChI=1S/C21H40N4O8/c1-2-15(27)21(30-9-8-26)33-20-14(25-16(28)6-7-22)10-13(24)19(18(20)29)32-17-5-3-4-12(11-23)31-17/h4,13-15,17-21,26-27,29H,2-3,5-11,22-24H2,1H3,(H,25,28)/t13-,14+,15+,17+,18-,19+,20-,21+/m0/s1. The molecule has 0 aromatic carbocycles. The van der Waals surface area contributed by atoms with E-state index in [0.29, 0.717) is 25.0 Å². The van der Waals surface area contributed by atoms with Gasteiger partial charge >= 0.3 is 0 Å². The number of hydrogen-bond acceptors (Lipinski definition) is 11. The Morgan fingerprint density at radius 1 is 1.36 bits per heavy atom. The first-order valence-electron chi connectivity index (χ1n) is 11.5. The van der Waals surface area contributed by atoms with Gasteiger partial charge in [0.25, 0.3) is 0 Å². The van der Waals surface area contributed by atoms with Gasteiger partial charge in [0.1, 0.15) is 30.2 Å². The zero-order valence-electron chi connectivity index (χ0n) is 19.2. The van der Waals surface area contributed by atoms with E-state index in [1.54, 1.807) is 6.92 Å². The number of rotatable bonds is 13. The lowest BCUT2D eigenvalue weighted by atomic mass is 9.83. The lowest BCUT2D eigenvalue weighted by Crippen LogP contribution is -2.66. The number of aliphatic hydroxyl groups is 3. The molecule has 12 nitrogen and oxygen atoms in total. The maximum absolute atomic E-state index is 12.2. The average Bonchev–Trinajstić information content (AvgIpc) is 2.80. The van der Waals surface area contributed by atoms with Crippen LogP contribution in [0, 0.1) is 0 Å². The highest BCUT2D eigenvalue weighted by Gasteiger charge is 2.47. The summed E-state index contributed by atoms with van der Waals surface area (Å²) in [4.78, 5) is 12.2. The largest absolute Gasteiger partial charge is 0.468 e. The smallest absolute Gasteiger partial charge is 0.221 e. The molecule has 0 saturated heterocycles. The van der Waals surface area contributed by atoms with Crippen LogP contribution in [0.3, 0.4) is 0 Å². The van der Waals surface area contributed by atoms with Crippen molar-refractivity contribution in [3.63, 3.8) is 0 Å². The molecule has 0 radical (unpaired) electrons. The molecule has 1 saturated carbocycles. The molecular weight excluding hydrogens is 436 g/mol. The summed E-state index contributed by atoms with van der Waals surface area (Å²) >= 11 is 0. The molecule has 1 aliphatic carbocycles. The highest BCUT2D eigenvalue weighted by Crippen LogP contribution is 2.29. The van der Waals surface area contributed by atoms with Crippen LogP contribution in [0.1, 0.15) is 39.0 Å². The zero-order chi connectivity index (χ0) is 24.4. The summed E-state index contributed by atoms with van der Waals surface area (Å²) in [6.07, 6.45) is -2.10. The van der Waals surface area contributed by atoms with E-state index in [-0.39, 0.29) is 45.1 Å². The van der Waals surface area contributed by atoms with Crippen molar-refractivity contribution in [2.75, 3.05) is 26.3 Å². The second-order valence-electron chi connectivity index (χ2n) is 8.24. The van der Waals surface area contributed by atoms with Gasteiger partial charge in [-0.1, -0.05) is 6.92 Å². The van der Waals surface area contributed by atoms with Gasteiger partial charge in [-0.3, -0.25) is 4.79 Å². The van der Waals surface area contributed by atoms with Crippen LogP contribution in [-0.4, -0.2) is 96.6 Å². The predicted molar refractivity (Wildman–Crippen MR) is 118 cm³/mol. The molecule has 10 N–H and O–H groups in total. The first kappa shape index (κ1) is 27.9. The molecule has 192 valence electrons. The van der Waals surface area contributed by atoms with Crippen molar-refractivity contribution in [2.45, 2.75) is 88.1 Å². The molecule has 8 atom stereocenters. The summed E-state index contributed by atoms with van der Waals surface area (Å²) in [5, 5.41) is 33.5. The fourth-order valence-electron chi connectivity index (χ4n) is 3.96. The fourth-order valence-corrected chi connectivity index (χ4v) is 3.96. The molecule has 12 heteroatoms. The van der Waals surface area contributed by atoms with E-state index in [2.05, 4.69) is 5.32 Å². The number of allylic oxidation sites excluding steroid dienone is 1. The Balaban J connectivity index is 2.20. The second kappa shape index (κ2) is 14.1. The maximum atomic E-state index is 12.2. The molecule has 0 aromatic rings. The average molecular weight is 477 g/mol. The van der Waals surface area contributed by atoms with Gasteiger partial charge in [-0.05, 0) is 25.3 Å². The molecule has 2 aliphatic rings. The molecular formula is C21H40N4O8. The van der Waals surface area contributed by atoms with Crippen LogP contribution in [0.2, 0.25) is 0 Å². The summed E-state index contributed by atoms with van der Waals surface area (Å²) in [5.41, 5.74) is 17.5. The van der Waals surface area contributed by atoms with Gasteiger partial charge in [0.2, 0.25) is 5.91 Å².